The highest BCUT2D eigenvalue weighted by Crippen LogP contribution is 2.57. The smallest absolute Gasteiger partial charge is 0.340 e. The maximum atomic E-state index is 13.2. The van der Waals surface area contributed by atoms with Crippen molar-refractivity contribution in [2.45, 2.75) is 47.1 Å². The van der Waals surface area contributed by atoms with E-state index in [1.165, 1.54) is 0 Å². The van der Waals surface area contributed by atoms with Gasteiger partial charge in [0.25, 0.3) is 0 Å². The normalized spacial score (nSPS) is 14.7. The molecule has 5 rings (SSSR count). The second-order valence-electron chi connectivity index (χ2n) is 11.7. The van der Waals surface area contributed by atoms with Crippen LogP contribution in [0.15, 0.2) is 59.1 Å². The van der Waals surface area contributed by atoms with E-state index in [0.717, 1.165) is 0 Å². The van der Waals surface area contributed by atoms with Crippen LogP contribution < -0.4 is 19.6 Å². The molecule has 0 radical (unpaired) electrons. The molecule has 0 fully saturated rings. The van der Waals surface area contributed by atoms with Crippen molar-refractivity contribution in [3.63, 3.8) is 0 Å². The third-order valence-corrected chi connectivity index (χ3v) is 6.66. The second kappa shape index (κ2) is 9.41. The summed E-state index contributed by atoms with van der Waals surface area (Å²) in [5.41, 5.74) is 2.39. The quantitative estimate of drug-likeness (QED) is 0.226. The Morgan fingerprint density at radius 2 is 1.32 bits per heavy atom. The maximum absolute atomic E-state index is 13.2. The maximum Gasteiger partial charge on any atom is 0.340 e. The minimum atomic E-state index is -1.41. The van der Waals surface area contributed by atoms with Gasteiger partial charge in [0.1, 0.15) is 23.0 Å². The molecule has 1 N–H and O–H groups in total. The molecule has 0 saturated heterocycles. The molecule has 0 unspecified atom stereocenters. The number of rotatable bonds is 4. The number of hydrogen-bond acceptors (Lipinski definition) is 9. The predicted octanol–water partition coefficient (Wildman–Crippen LogP) is 6.22. The highest BCUT2D eigenvalue weighted by Gasteiger charge is 2.54. The Morgan fingerprint density at radius 3 is 1.80 bits per heavy atom. The van der Waals surface area contributed by atoms with E-state index in [1.54, 1.807) is 96.1 Å². The molecule has 10 heteroatoms. The molecule has 2 aliphatic heterocycles. The van der Waals surface area contributed by atoms with Crippen molar-refractivity contribution >= 4 is 36.0 Å². The summed E-state index contributed by atoms with van der Waals surface area (Å²) in [7, 11) is 0. The van der Waals surface area contributed by atoms with Gasteiger partial charge in [-0.3, -0.25) is 15.0 Å². The molecule has 0 atom stereocenters. The standard InChI is InChI=1S/C30H28N2O7S/c1-28(2,3)26(34)36-17-8-11-20-23(14-17)38-24-15-18(37-27(35)29(4,5)6)9-12-21(24)30(20)22-13-16(31-32-40)7-10-19(22)25(33)39-30/h7-15H,1-6H3,(H,31,40). The Balaban J connectivity index is 1.69. The van der Waals surface area contributed by atoms with Crippen LogP contribution in [0.2, 0.25) is 0 Å². The second-order valence-corrected chi connectivity index (χ2v) is 11.9. The number of nitrogens with zero attached hydrogens (tertiary/aromatic N) is 1. The zero-order valence-corrected chi connectivity index (χ0v) is 23.7. The van der Waals surface area contributed by atoms with Gasteiger partial charge in [-0.1, -0.05) is 0 Å². The molecule has 0 bridgehead atoms. The van der Waals surface area contributed by atoms with Gasteiger partial charge in [0.15, 0.2) is 5.60 Å². The summed E-state index contributed by atoms with van der Waals surface area (Å²) < 4.78 is 27.3. The van der Waals surface area contributed by atoms with Crippen LogP contribution >= 0.6 is 0 Å². The van der Waals surface area contributed by atoms with Crippen LogP contribution in [0.1, 0.15) is 68.6 Å². The van der Waals surface area contributed by atoms with E-state index in [-0.39, 0.29) is 11.5 Å². The molecule has 206 valence electrons. The van der Waals surface area contributed by atoms with Crippen LogP contribution in [0.3, 0.4) is 0 Å². The minimum absolute atomic E-state index is 0.262. The molecule has 2 aliphatic rings. The summed E-state index contributed by atoms with van der Waals surface area (Å²) in [6.45, 7) is 10.5. The first kappa shape index (κ1) is 27.3. The van der Waals surface area contributed by atoms with E-state index in [0.29, 0.717) is 39.4 Å². The molecule has 9 nitrogen and oxygen atoms in total. The van der Waals surface area contributed by atoms with Crippen molar-refractivity contribution in [2.24, 2.45) is 15.3 Å². The molecule has 3 aromatic carbocycles. The average Bonchev–Trinajstić information content (AvgIpc) is 3.15. The topological polar surface area (TPSA) is 113 Å². The Kier molecular flexibility index (Phi) is 6.41. The van der Waals surface area contributed by atoms with Crippen molar-refractivity contribution in [1.82, 2.24) is 0 Å². The van der Waals surface area contributed by atoms with Crippen molar-refractivity contribution in [2.75, 3.05) is 5.43 Å². The fourth-order valence-electron chi connectivity index (χ4n) is 4.45. The highest BCUT2D eigenvalue weighted by atomic mass is 32.1. The number of benzene rings is 3. The summed E-state index contributed by atoms with van der Waals surface area (Å²) in [5, 5.41) is 0. The molecular weight excluding hydrogens is 532 g/mol. The van der Waals surface area contributed by atoms with E-state index < -0.39 is 34.3 Å². The minimum Gasteiger partial charge on any atom is -0.456 e. The van der Waals surface area contributed by atoms with Gasteiger partial charge in [0.05, 0.1) is 34.5 Å². The number of hydrogen-bond donors (Lipinski definition) is 1. The van der Waals surface area contributed by atoms with Crippen LogP contribution in [0.5, 0.6) is 23.0 Å². The number of esters is 3. The number of carbonyl (C=O) groups excluding carboxylic acids is 3. The lowest BCUT2D eigenvalue weighted by Gasteiger charge is -2.36. The van der Waals surface area contributed by atoms with E-state index in [2.05, 4.69) is 9.90 Å². The van der Waals surface area contributed by atoms with Gasteiger partial charge < -0.3 is 18.9 Å². The molecule has 0 aromatic heterocycles. The lowest BCUT2D eigenvalue weighted by Crippen LogP contribution is -2.33. The summed E-state index contributed by atoms with van der Waals surface area (Å²) in [6, 6.07) is 14.9. The summed E-state index contributed by atoms with van der Waals surface area (Å²) in [4.78, 5) is 38.4. The number of ether oxygens (including phenoxy) is 4. The van der Waals surface area contributed by atoms with Crippen LogP contribution in [-0.2, 0) is 32.4 Å². The van der Waals surface area contributed by atoms with E-state index >= 15 is 0 Å². The Morgan fingerprint density at radius 1 is 0.800 bits per heavy atom. The predicted molar refractivity (Wildman–Crippen MR) is 148 cm³/mol. The number of carbonyl (C=O) groups is 3. The first-order chi connectivity index (χ1) is 18.7. The molecular formula is C30H28N2O7S. The molecule has 0 saturated carbocycles. The van der Waals surface area contributed by atoms with Gasteiger partial charge in [0, 0.05) is 28.8 Å². The Hall–Kier alpha value is -4.31. The van der Waals surface area contributed by atoms with Crippen molar-refractivity contribution in [3.05, 3.63) is 76.9 Å². The monoisotopic (exact) mass is 560 g/mol. The third kappa shape index (κ3) is 4.58. The summed E-state index contributed by atoms with van der Waals surface area (Å²) in [5.74, 6) is -0.237. The van der Waals surface area contributed by atoms with E-state index in [4.69, 9.17) is 31.4 Å². The number of fused-ring (bicyclic) bond motifs is 6. The summed E-state index contributed by atoms with van der Waals surface area (Å²) >= 11 is 4.72. The van der Waals surface area contributed by atoms with Crippen molar-refractivity contribution in [1.29, 1.82) is 0 Å². The molecule has 0 aliphatic carbocycles. The fraction of sp³-hybridized carbons (Fsp3) is 0.300. The summed E-state index contributed by atoms with van der Waals surface area (Å²) in [6.07, 6.45) is 0. The zero-order chi connectivity index (χ0) is 29.0. The van der Waals surface area contributed by atoms with Gasteiger partial charge in [-0.05, 0) is 84.0 Å². The number of anilines is 1. The van der Waals surface area contributed by atoms with Crippen LogP contribution in [-0.4, -0.2) is 17.9 Å². The third-order valence-electron chi connectivity index (χ3n) is 6.57. The lowest BCUT2D eigenvalue weighted by molar-refractivity contribution is -0.143. The Bertz CT molecular complexity index is 1510. The van der Waals surface area contributed by atoms with Gasteiger partial charge in [-0.15, -0.1) is 4.47 Å². The average molecular weight is 561 g/mol. The largest absolute Gasteiger partial charge is 0.456 e. The van der Waals surface area contributed by atoms with Crippen LogP contribution in [0.25, 0.3) is 0 Å². The van der Waals surface area contributed by atoms with Crippen LogP contribution in [0.4, 0.5) is 5.69 Å². The first-order valence-corrected chi connectivity index (χ1v) is 13.0. The van der Waals surface area contributed by atoms with Crippen molar-refractivity contribution in [3.8, 4) is 23.0 Å². The molecule has 3 aromatic rings. The van der Waals surface area contributed by atoms with Gasteiger partial charge in [0.2, 0.25) is 0 Å². The highest BCUT2D eigenvalue weighted by molar-refractivity contribution is 7.47. The van der Waals surface area contributed by atoms with E-state index in [9.17, 15) is 14.4 Å². The van der Waals surface area contributed by atoms with Crippen LogP contribution in [0, 0.1) is 10.8 Å². The SMILES string of the molecule is CC(C)(C)C(=O)Oc1ccc2c(c1)Oc1cc(OC(=O)C(C)(C)C)ccc1C21OC(=O)c2ccc(NN=S)cc21. The number of nitrogens with one attached hydrogen (secondary N) is 1. The lowest BCUT2D eigenvalue weighted by atomic mass is 9.77. The molecule has 2 heterocycles. The molecule has 0 amide bonds. The molecule has 1 spiro atoms. The van der Waals surface area contributed by atoms with Gasteiger partial charge >= 0.3 is 17.9 Å². The fourth-order valence-corrected chi connectivity index (χ4v) is 4.56. The van der Waals surface area contributed by atoms with Crippen molar-refractivity contribution < 1.29 is 33.3 Å². The van der Waals surface area contributed by atoms with Gasteiger partial charge in [-0.2, -0.15) is 0 Å². The first-order valence-electron chi connectivity index (χ1n) is 12.6. The molecule has 40 heavy (non-hydrogen) atoms. The van der Waals surface area contributed by atoms with Gasteiger partial charge in [-0.25, -0.2) is 4.79 Å². The Labute approximate surface area is 236 Å². The van der Waals surface area contributed by atoms with E-state index in [1.807, 2.05) is 0 Å². The zero-order valence-electron chi connectivity index (χ0n) is 22.9.